The van der Waals surface area contributed by atoms with E-state index in [4.69, 9.17) is 0 Å². The molecule has 1 heterocycles. The second-order valence-electron chi connectivity index (χ2n) is 7.29. The molecule has 1 aliphatic heterocycles. The Morgan fingerprint density at radius 2 is 1.69 bits per heavy atom. The van der Waals surface area contributed by atoms with Crippen molar-refractivity contribution < 1.29 is 13.2 Å². The fourth-order valence-electron chi connectivity index (χ4n) is 3.24. The van der Waals surface area contributed by atoms with Crippen molar-refractivity contribution in [1.82, 2.24) is 14.9 Å². The van der Waals surface area contributed by atoms with Gasteiger partial charge in [-0.3, -0.25) is 4.79 Å². The van der Waals surface area contributed by atoms with Crippen molar-refractivity contribution in [3.63, 3.8) is 0 Å². The lowest BCUT2D eigenvalue weighted by Crippen LogP contribution is -2.30. The number of sulfonamides is 1. The van der Waals surface area contributed by atoms with E-state index in [1.54, 1.807) is 12.1 Å². The first-order chi connectivity index (χ1) is 12.5. The third-order valence-corrected chi connectivity index (χ3v) is 6.50. The van der Waals surface area contributed by atoms with Gasteiger partial charge in [0, 0.05) is 18.2 Å². The fraction of sp³-hybridized carbons (Fsp3) is 0.632. The van der Waals surface area contributed by atoms with Gasteiger partial charge < -0.3 is 10.2 Å². The topological polar surface area (TPSA) is 78.5 Å². The predicted molar refractivity (Wildman–Crippen MR) is 102 cm³/mol. The second-order valence-corrected chi connectivity index (χ2v) is 9.00. The second kappa shape index (κ2) is 8.97. The molecule has 1 aliphatic carbocycles. The molecule has 6 nitrogen and oxygen atoms in total. The van der Waals surface area contributed by atoms with Crippen LogP contribution >= 0.6 is 0 Å². The molecule has 1 saturated carbocycles. The highest BCUT2D eigenvalue weighted by Gasteiger charge is 2.27. The van der Waals surface area contributed by atoms with Crippen LogP contribution in [0.5, 0.6) is 0 Å². The van der Waals surface area contributed by atoms with Gasteiger partial charge in [-0.2, -0.15) is 0 Å². The van der Waals surface area contributed by atoms with E-state index in [-0.39, 0.29) is 16.8 Å². The zero-order chi connectivity index (χ0) is 18.4. The number of rotatable bonds is 8. The van der Waals surface area contributed by atoms with E-state index in [0.717, 1.165) is 25.8 Å². The molecule has 7 heteroatoms. The summed E-state index contributed by atoms with van der Waals surface area (Å²) in [6.45, 7) is 3.99. The van der Waals surface area contributed by atoms with Crippen LogP contribution in [0.15, 0.2) is 29.2 Å². The Labute approximate surface area is 156 Å². The molecule has 1 aromatic rings. The number of nitrogens with one attached hydrogen (secondary N) is 2. The van der Waals surface area contributed by atoms with E-state index >= 15 is 0 Å². The van der Waals surface area contributed by atoms with Crippen molar-refractivity contribution in [1.29, 1.82) is 0 Å². The van der Waals surface area contributed by atoms with E-state index in [9.17, 15) is 13.2 Å². The lowest BCUT2D eigenvalue weighted by atomic mass is 10.2. The summed E-state index contributed by atoms with van der Waals surface area (Å²) in [4.78, 5) is 14.9. The lowest BCUT2D eigenvalue weighted by Gasteiger charge is -2.19. The van der Waals surface area contributed by atoms with Gasteiger partial charge in [0.2, 0.25) is 10.0 Å². The molecule has 1 saturated heterocycles. The first kappa shape index (κ1) is 19.3. The molecule has 144 valence electrons. The molecule has 26 heavy (non-hydrogen) atoms. The first-order valence-corrected chi connectivity index (χ1v) is 11.2. The number of hydrogen-bond acceptors (Lipinski definition) is 4. The van der Waals surface area contributed by atoms with Crippen molar-refractivity contribution in [2.45, 2.75) is 55.9 Å². The fourth-order valence-corrected chi connectivity index (χ4v) is 4.55. The third kappa shape index (κ3) is 5.79. The molecule has 2 aliphatic rings. The highest BCUT2D eigenvalue weighted by molar-refractivity contribution is 7.89. The highest BCUT2D eigenvalue weighted by atomic mass is 32.2. The van der Waals surface area contributed by atoms with Crippen LogP contribution in [0.3, 0.4) is 0 Å². The summed E-state index contributed by atoms with van der Waals surface area (Å²) in [6.07, 6.45) is 7.94. The Hall–Kier alpha value is -1.44. The summed E-state index contributed by atoms with van der Waals surface area (Å²) in [5, 5.41) is 2.92. The van der Waals surface area contributed by atoms with Crippen molar-refractivity contribution in [2.75, 3.05) is 26.2 Å². The van der Waals surface area contributed by atoms with Crippen LogP contribution < -0.4 is 10.0 Å². The number of amides is 1. The number of benzene rings is 1. The quantitative estimate of drug-likeness (QED) is 0.678. The number of nitrogens with zero attached hydrogens (tertiary/aromatic N) is 1. The summed E-state index contributed by atoms with van der Waals surface area (Å²) in [6, 6.07) is 6.22. The minimum atomic E-state index is -3.46. The molecule has 1 aromatic carbocycles. The van der Waals surface area contributed by atoms with Crippen LogP contribution in [0.4, 0.5) is 0 Å². The van der Waals surface area contributed by atoms with Crippen LogP contribution in [0.2, 0.25) is 0 Å². The molecule has 1 amide bonds. The molecule has 0 bridgehead atoms. The van der Waals surface area contributed by atoms with E-state index in [2.05, 4.69) is 14.9 Å². The molecule has 0 radical (unpaired) electrons. The number of hydrogen-bond donors (Lipinski definition) is 2. The van der Waals surface area contributed by atoms with Gasteiger partial charge in [-0.1, -0.05) is 12.8 Å². The number of carbonyl (C=O) groups is 1. The monoisotopic (exact) mass is 379 g/mol. The Balaban J connectivity index is 1.42. The molecule has 0 spiro atoms. The molecular weight excluding hydrogens is 350 g/mol. The van der Waals surface area contributed by atoms with Crippen molar-refractivity contribution >= 4 is 15.9 Å². The van der Waals surface area contributed by atoms with E-state index in [0.29, 0.717) is 12.1 Å². The Morgan fingerprint density at radius 3 is 2.31 bits per heavy atom. The Morgan fingerprint density at radius 1 is 1.04 bits per heavy atom. The molecule has 2 fully saturated rings. The van der Waals surface area contributed by atoms with Gasteiger partial charge >= 0.3 is 0 Å². The number of likely N-dealkylation sites (tertiary alicyclic amines) is 1. The van der Waals surface area contributed by atoms with Gasteiger partial charge in [0.05, 0.1) is 4.90 Å². The normalized spacial score (nSPS) is 19.1. The summed E-state index contributed by atoms with van der Waals surface area (Å²) in [7, 11) is -3.46. The summed E-state index contributed by atoms with van der Waals surface area (Å²) in [5.41, 5.74) is 0.491. The van der Waals surface area contributed by atoms with Gasteiger partial charge in [-0.25, -0.2) is 13.1 Å². The van der Waals surface area contributed by atoms with Crippen LogP contribution in [0.25, 0.3) is 0 Å². The zero-order valence-electron chi connectivity index (χ0n) is 15.2. The average molecular weight is 380 g/mol. The smallest absolute Gasteiger partial charge is 0.251 e. The lowest BCUT2D eigenvalue weighted by molar-refractivity contribution is 0.0951. The minimum Gasteiger partial charge on any atom is -0.352 e. The van der Waals surface area contributed by atoms with Gasteiger partial charge in [0.15, 0.2) is 0 Å². The third-order valence-electron chi connectivity index (χ3n) is 4.96. The maximum Gasteiger partial charge on any atom is 0.251 e. The van der Waals surface area contributed by atoms with Crippen LogP contribution in [-0.2, 0) is 10.0 Å². The highest BCUT2D eigenvalue weighted by Crippen LogP contribution is 2.22. The summed E-state index contributed by atoms with van der Waals surface area (Å²) < 4.78 is 26.9. The number of carbonyl (C=O) groups excluding carboxylic acids is 1. The van der Waals surface area contributed by atoms with E-state index in [1.165, 1.54) is 50.9 Å². The van der Waals surface area contributed by atoms with Crippen LogP contribution in [-0.4, -0.2) is 51.4 Å². The SMILES string of the molecule is O=C(NCCCN1CCCCCC1)c1ccc(S(=O)(=O)NC2CC2)cc1. The largest absolute Gasteiger partial charge is 0.352 e. The minimum absolute atomic E-state index is 0.0761. The van der Waals surface area contributed by atoms with E-state index in [1.807, 2.05) is 0 Å². The molecule has 0 aromatic heterocycles. The predicted octanol–water partition coefficient (Wildman–Crippen LogP) is 2.12. The maximum absolute atomic E-state index is 12.2. The standard InChI is InChI=1S/C19H29N3O3S/c23-19(20-12-5-15-22-13-3-1-2-4-14-22)16-6-10-18(11-7-16)26(24,25)21-17-8-9-17/h6-7,10-11,17,21H,1-5,8-9,12-15H2,(H,20,23). The Kier molecular flexibility index (Phi) is 6.67. The molecule has 0 unspecified atom stereocenters. The molecular formula is C19H29N3O3S. The van der Waals surface area contributed by atoms with Gasteiger partial charge in [-0.05, 0) is 76.0 Å². The summed E-state index contributed by atoms with van der Waals surface area (Å²) in [5.74, 6) is -0.153. The Bertz CT molecular complexity index is 691. The maximum atomic E-state index is 12.2. The van der Waals surface area contributed by atoms with Crippen molar-refractivity contribution in [2.24, 2.45) is 0 Å². The van der Waals surface area contributed by atoms with E-state index < -0.39 is 10.0 Å². The van der Waals surface area contributed by atoms with Gasteiger partial charge in [-0.15, -0.1) is 0 Å². The molecule has 2 N–H and O–H groups in total. The average Bonchev–Trinajstić information content (AvgIpc) is 3.46. The van der Waals surface area contributed by atoms with Gasteiger partial charge in [0.25, 0.3) is 5.91 Å². The van der Waals surface area contributed by atoms with Gasteiger partial charge in [0.1, 0.15) is 0 Å². The molecule has 0 atom stereocenters. The summed E-state index contributed by atoms with van der Waals surface area (Å²) >= 11 is 0. The molecule has 3 rings (SSSR count). The van der Waals surface area contributed by atoms with Crippen molar-refractivity contribution in [3.8, 4) is 0 Å². The van der Waals surface area contributed by atoms with Crippen molar-refractivity contribution in [3.05, 3.63) is 29.8 Å². The van der Waals surface area contributed by atoms with Crippen LogP contribution in [0, 0.1) is 0 Å². The van der Waals surface area contributed by atoms with Crippen LogP contribution in [0.1, 0.15) is 55.3 Å². The zero-order valence-corrected chi connectivity index (χ0v) is 16.1. The first-order valence-electron chi connectivity index (χ1n) is 9.67.